The first-order valence-electron chi connectivity index (χ1n) is 9.61. The summed E-state index contributed by atoms with van der Waals surface area (Å²) in [7, 11) is 1.54. The molecular formula is C21H18N2O7. The maximum Gasteiger partial charge on any atom is 0.275 e. The molecule has 3 aliphatic heterocycles. The van der Waals surface area contributed by atoms with Crippen molar-refractivity contribution in [1.82, 2.24) is 0 Å². The number of ether oxygens (including phenoxy) is 3. The van der Waals surface area contributed by atoms with E-state index in [0.717, 1.165) is 17.7 Å². The number of hydrogen-bond donors (Lipinski definition) is 0. The Kier molecular flexibility index (Phi) is 4.21. The zero-order valence-electron chi connectivity index (χ0n) is 16.0. The molecule has 3 saturated heterocycles. The van der Waals surface area contributed by atoms with Crippen LogP contribution in [0.2, 0.25) is 0 Å². The zero-order valence-corrected chi connectivity index (χ0v) is 16.0. The van der Waals surface area contributed by atoms with Gasteiger partial charge in [0.05, 0.1) is 47.8 Å². The van der Waals surface area contributed by atoms with E-state index < -0.39 is 16.8 Å². The number of anilines is 1. The van der Waals surface area contributed by atoms with Crippen LogP contribution in [0.5, 0.6) is 17.2 Å². The third-order valence-electron chi connectivity index (χ3n) is 5.92. The van der Waals surface area contributed by atoms with Crippen molar-refractivity contribution in [2.75, 3.05) is 12.0 Å². The molecule has 2 amide bonds. The number of nitrogens with zero attached hydrogens (tertiary/aromatic N) is 2. The van der Waals surface area contributed by atoms with E-state index in [1.807, 2.05) is 0 Å². The minimum Gasteiger partial charge on any atom is -0.497 e. The molecule has 0 aromatic heterocycles. The number of methoxy groups -OCH3 is 1. The van der Waals surface area contributed by atoms with Crippen LogP contribution >= 0.6 is 0 Å². The van der Waals surface area contributed by atoms with Crippen molar-refractivity contribution >= 4 is 23.2 Å². The van der Waals surface area contributed by atoms with Gasteiger partial charge in [-0.25, -0.2) is 4.90 Å². The molecule has 9 nitrogen and oxygen atoms in total. The molecule has 0 radical (unpaired) electrons. The van der Waals surface area contributed by atoms with Gasteiger partial charge in [0.15, 0.2) is 0 Å². The molecule has 30 heavy (non-hydrogen) atoms. The van der Waals surface area contributed by atoms with Gasteiger partial charge in [-0.15, -0.1) is 0 Å². The largest absolute Gasteiger partial charge is 0.497 e. The number of carbonyl (C=O) groups is 2. The van der Waals surface area contributed by atoms with E-state index in [9.17, 15) is 19.7 Å². The summed E-state index contributed by atoms with van der Waals surface area (Å²) in [6.45, 7) is 0. The van der Waals surface area contributed by atoms with Crippen LogP contribution in [-0.4, -0.2) is 36.1 Å². The highest BCUT2D eigenvalue weighted by molar-refractivity contribution is 6.23. The Hall–Kier alpha value is -3.46. The second-order valence-corrected chi connectivity index (χ2v) is 7.57. The number of nitro benzene ring substituents is 1. The molecule has 0 saturated carbocycles. The van der Waals surface area contributed by atoms with E-state index in [-0.39, 0.29) is 41.1 Å². The van der Waals surface area contributed by atoms with Crippen molar-refractivity contribution < 1.29 is 28.7 Å². The number of rotatable bonds is 5. The van der Waals surface area contributed by atoms with Crippen LogP contribution in [0.3, 0.4) is 0 Å². The minimum atomic E-state index is -0.580. The van der Waals surface area contributed by atoms with Gasteiger partial charge in [0, 0.05) is 12.1 Å². The van der Waals surface area contributed by atoms with E-state index in [1.165, 1.54) is 18.2 Å². The lowest BCUT2D eigenvalue weighted by Crippen LogP contribution is -2.34. The van der Waals surface area contributed by atoms with Gasteiger partial charge in [0.2, 0.25) is 11.8 Å². The van der Waals surface area contributed by atoms with E-state index in [2.05, 4.69) is 0 Å². The molecule has 5 rings (SSSR count). The van der Waals surface area contributed by atoms with Crippen LogP contribution in [0.4, 0.5) is 11.4 Å². The average molecular weight is 410 g/mol. The first-order valence-corrected chi connectivity index (χ1v) is 9.61. The second-order valence-electron chi connectivity index (χ2n) is 7.57. The molecule has 9 heteroatoms. The molecule has 2 bridgehead atoms. The van der Waals surface area contributed by atoms with Gasteiger partial charge in [-0.05, 0) is 37.1 Å². The number of benzene rings is 2. The highest BCUT2D eigenvalue weighted by atomic mass is 16.6. The second kappa shape index (κ2) is 6.81. The summed E-state index contributed by atoms with van der Waals surface area (Å²) in [6.07, 6.45) is 0.990. The van der Waals surface area contributed by atoms with E-state index in [0.29, 0.717) is 11.5 Å². The van der Waals surface area contributed by atoms with Crippen molar-refractivity contribution in [2.45, 2.75) is 25.0 Å². The smallest absolute Gasteiger partial charge is 0.275 e. The molecule has 0 spiro atoms. The fourth-order valence-electron chi connectivity index (χ4n) is 4.61. The van der Waals surface area contributed by atoms with Crippen molar-refractivity contribution in [3.8, 4) is 17.2 Å². The molecule has 0 unspecified atom stereocenters. The Labute approximate surface area is 171 Å². The summed E-state index contributed by atoms with van der Waals surface area (Å²) in [6, 6.07) is 10.6. The Morgan fingerprint density at radius 1 is 0.967 bits per heavy atom. The SMILES string of the molecule is COc1ccc(Oc2cc(N3C(=O)[C@@H]4[C@@H](C3=O)[C@@H]3CC[C@@H]4O3)cc([N+](=O)[O-])c2)cc1. The van der Waals surface area contributed by atoms with Gasteiger partial charge >= 0.3 is 0 Å². The van der Waals surface area contributed by atoms with Crippen LogP contribution in [0.15, 0.2) is 42.5 Å². The highest BCUT2D eigenvalue weighted by Crippen LogP contribution is 2.50. The van der Waals surface area contributed by atoms with Crippen molar-refractivity contribution in [3.05, 3.63) is 52.6 Å². The lowest BCUT2D eigenvalue weighted by molar-refractivity contribution is -0.384. The monoisotopic (exact) mass is 410 g/mol. The number of hydrogen-bond acceptors (Lipinski definition) is 7. The third kappa shape index (κ3) is 2.81. The first kappa shape index (κ1) is 18.6. The number of amides is 2. The maximum atomic E-state index is 13.0. The normalized spacial score (nSPS) is 26.8. The van der Waals surface area contributed by atoms with E-state index in [4.69, 9.17) is 14.2 Å². The first-order chi connectivity index (χ1) is 14.5. The Balaban J connectivity index is 1.49. The molecule has 154 valence electrons. The Bertz CT molecular complexity index is 1020. The zero-order chi connectivity index (χ0) is 21.0. The van der Waals surface area contributed by atoms with Gasteiger partial charge in [-0.3, -0.25) is 19.7 Å². The van der Waals surface area contributed by atoms with Crippen LogP contribution in [0.25, 0.3) is 0 Å². The molecular weight excluding hydrogens is 392 g/mol. The van der Waals surface area contributed by atoms with Gasteiger partial charge in [-0.1, -0.05) is 0 Å². The van der Waals surface area contributed by atoms with Crippen LogP contribution < -0.4 is 14.4 Å². The molecule has 0 N–H and O–H groups in total. The molecule has 2 aromatic carbocycles. The van der Waals surface area contributed by atoms with Crippen LogP contribution in [0.1, 0.15) is 12.8 Å². The predicted molar refractivity (Wildman–Crippen MR) is 104 cm³/mol. The lowest BCUT2D eigenvalue weighted by atomic mass is 9.81. The molecule has 3 aliphatic rings. The summed E-state index contributed by atoms with van der Waals surface area (Å²) in [4.78, 5) is 37.9. The minimum absolute atomic E-state index is 0.136. The van der Waals surface area contributed by atoms with Gasteiger partial charge in [-0.2, -0.15) is 0 Å². The quantitative estimate of drug-likeness (QED) is 0.423. The molecule has 3 fully saturated rings. The van der Waals surface area contributed by atoms with E-state index in [1.54, 1.807) is 31.4 Å². The van der Waals surface area contributed by atoms with Crippen LogP contribution in [-0.2, 0) is 14.3 Å². The number of fused-ring (bicyclic) bond motifs is 5. The van der Waals surface area contributed by atoms with Gasteiger partial charge in [0.25, 0.3) is 5.69 Å². The van der Waals surface area contributed by atoms with Gasteiger partial charge in [0.1, 0.15) is 17.2 Å². The van der Waals surface area contributed by atoms with Crippen molar-refractivity contribution in [1.29, 1.82) is 0 Å². The Morgan fingerprint density at radius 2 is 1.57 bits per heavy atom. The number of nitro groups is 1. The predicted octanol–water partition coefficient (Wildman–Crippen LogP) is 3.06. The van der Waals surface area contributed by atoms with Crippen molar-refractivity contribution in [3.63, 3.8) is 0 Å². The average Bonchev–Trinajstić information content (AvgIpc) is 3.42. The molecule has 4 atom stereocenters. The standard InChI is InChI=1S/C21H18N2O7/c1-28-13-2-4-14(5-3-13)29-15-9-11(8-12(10-15)23(26)27)22-20(24)18-16-6-7-17(30-16)19(18)21(22)25/h2-5,8-10,16-19H,6-7H2,1H3/t16-,17-,18-,19-/m0/s1. The fourth-order valence-corrected chi connectivity index (χ4v) is 4.61. The maximum absolute atomic E-state index is 13.0. The summed E-state index contributed by atoms with van der Waals surface area (Å²) in [5.41, 5.74) is -0.135. The summed E-state index contributed by atoms with van der Waals surface area (Å²) in [5.74, 6) is -0.534. The summed E-state index contributed by atoms with van der Waals surface area (Å²) >= 11 is 0. The summed E-state index contributed by atoms with van der Waals surface area (Å²) < 4.78 is 16.6. The lowest BCUT2D eigenvalue weighted by Gasteiger charge is -2.18. The molecule has 2 aromatic rings. The number of non-ortho nitro benzene ring substituents is 1. The van der Waals surface area contributed by atoms with Crippen molar-refractivity contribution in [2.24, 2.45) is 11.8 Å². The van der Waals surface area contributed by atoms with E-state index >= 15 is 0 Å². The third-order valence-corrected chi connectivity index (χ3v) is 5.92. The number of carbonyl (C=O) groups excluding carboxylic acids is 2. The van der Waals surface area contributed by atoms with Crippen LogP contribution in [0, 0.1) is 22.0 Å². The topological polar surface area (TPSA) is 108 Å². The Morgan fingerprint density at radius 3 is 2.13 bits per heavy atom. The summed E-state index contributed by atoms with van der Waals surface area (Å²) in [5, 5.41) is 11.5. The molecule has 3 heterocycles. The highest BCUT2D eigenvalue weighted by Gasteiger charge is 2.62. The van der Waals surface area contributed by atoms with Gasteiger partial charge < -0.3 is 14.2 Å². The molecule has 0 aliphatic carbocycles. The number of imide groups is 1. The fraction of sp³-hybridized carbons (Fsp3) is 0.333.